The van der Waals surface area contributed by atoms with Crippen LogP contribution in [-0.2, 0) is 4.74 Å². The highest BCUT2D eigenvalue weighted by Gasteiger charge is 2.38. The molecule has 1 saturated carbocycles. The normalized spacial score (nSPS) is 20.9. The summed E-state index contributed by atoms with van der Waals surface area (Å²) in [6.45, 7) is 13.1. The van der Waals surface area contributed by atoms with E-state index >= 15 is 0 Å². The van der Waals surface area contributed by atoms with E-state index in [9.17, 15) is 13.6 Å². The zero-order valence-electron chi connectivity index (χ0n) is 17.5. The molecule has 0 radical (unpaired) electrons. The first-order valence-corrected chi connectivity index (χ1v) is 9.56. The Morgan fingerprint density at radius 2 is 1.33 bits per heavy atom. The van der Waals surface area contributed by atoms with Gasteiger partial charge in [-0.2, -0.15) is 0 Å². The third kappa shape index (κ3) is 10.5. The summed E-state index contributed by atoms with van der Waals surface area (Å²) >= 11 is 0. The van der Waals surface area contributed by atoms with Crippen molar-refractivity contribution >= 4 is 18.5 Å². The smallest absolute Gasteiger partial charge is 0.410 e. The Kier molecular flexibility index (Phi) is 11.5. The van der Waals surface area contributed by atoms with Gasteiger partial charge in [-0.25, -0.2) is 13.6 Å². The van der Waals surface area contributed by atoms with Gasteiger partial charge in [-0.1, -0.05) is 20.3 Å². The molecular weight excluding hydrogens is 372 g/mol. The van der Waals surface area contributed by atoms with Gasteiger partial charge in [0.05, 0.1) is 0 Å². The van der Waals surface area contributed by atoms with Gasteiger partial charge in [-0.05, 0) is 73.6 Å². The van der Waals surface area contributed by atoms with Crippen LogP contribution < -0.4 is 0 Å². The molecule has 1 aliphatic carbocycles. The molecule has 1 aliphatic heterocycles. The molecule has 0 N–H and O–H groups in total. The average Bonchev–Trinajstić information content (AvgIpc) is 3.08. The molecule has 2 rings (SSSR count). The van der Waals surface area contributed by atoms with Crippen LogP contribution in [0.3, 0.4) is 0 Å². The molecule has 1 heterocycles. The Morgan fingerprint density at radius 3 is 1.63 bits per heavy atom. The number of alkyl halides is 2. The van der Waals surface area contributed by atoms with E-state index in [1.807, 2.05) is 20.8 Å². The molecule has 2 aliphatic rings. The highest BCUT2D eigenvalue weighted by Crippen LogP contribution is 2.35. The second-order valence-corrected chi connectivity index (χ2v) is 9.52. The first-order valence-electron chi connectivity index (χ1n) is 9.56. The van der Waals surface area contributed by atoms with Crippen LogP contribution in [0, 0.1) is 11.8 Å². The Morgan fingerprint density at radius 1 is 0.889 bits per heavy atom. The van der Waals surface area contributed by atoms with E-state index < -0.39 is 16.9 Å². The number of carbonyl (C=O) groups excluding carboxylic acids is 1. The summed E-state index contributed by atoms with van der Waals surface area (Å²) in [4.78, 5) is 13.3. The lowest BCUT2D eigenvalue weighted by Gasteiger charge is -2.26. The minimum atomic E-state index is -1.23. The van der Waals surface area contributed by atoms with Crippen LogP contribution in [0.25, 0.3) is 0 Å². The number of nitrogens with zero attached hydrogens (tertiary/aromatic N) is 1. The Hall–Kier alpha value is -0.580. The van der Waals surface area contributed by atoms with Crippen molar-refractivity contribution in [3.8, 4) is 0 Å². The first-order chi connectivity index (χ1) is 11.2. The lowest BCUT2D eigenvalue weighted by molar-refractivity contribution is 0.0268. The third-order valence-corrected chi connectivity index (χ3v) is 5.14. The van der Waals surface area contributed by atoms with Gasteiger partial charge in [-0.3, -0.25) is 0 Å². The summed E-state index contributed by atoms with van der Waals surface area (Å²) < 4.78 is 32.0. The largest absolute Gasteiger partial charge is 0.444 e. The minimum Gasteiger partial charge on any atom is -0.444 e. The van der Waals surface area contributed by atoms with Gasteiger partial charge in [0.25, 0.3) is 0 Å². The van der Waals surface area contributed by atoms with Crippen molar-refractivity contribution in [2.24, 2.45) is 11.8 Å². The maximum atomic E-state index is 13.7. The number of hydrogen-bond acceptors (Lipinski definition) is 2. The van der Waals surface area contributed by atoms with E-state index in [0.29, 0.717) is 25.4 Å². The number of ether oxygens (including phenoxy) is 1. The second kappa shape index (κ2) is 10.8. The van der Waals surface area contributed by atoms with E-state index in [2.05, 4.69) is 0 Å². The molecule has 0 aromatic carbocycles. The van der Waals surface area contributed by atoms with Crippen molar-refractivity contribution in [3.63, 3.8) is 0 Å². The summed E-state index contributed by atoms with van der Waals surface area (Å²) in [5, 5.41) is 0. The van der Waals surface area contributed by atoms with Crippen LogP contribution in [0.5, 0.6) is 0 Å². The molecule has 164 valence electrons. The Labute approximate surface area is 172 Å². The fourth-order valence-corrected chi connectivity index (χ4v) is 3.43. The van der Waals surface area contributed by atoms with Gasteiger partial charge < -0.3 is 9.64 Å². The van der Waals surface area contributed by atoms with Crippen molar-refractivity contribution in [1.82, 2.24) is 4.90 Å². The second-order valence-electron chi connectivity index (χ2n) is 9.52. The van der Waals surface area contributed by atoms with E-state index in [4.69, 9.17) is 4.74 Å². The minimum absolute atomic E-state index is 0. The highest BCUT2D eigenvalue weighted by molar-refractivity contribution is 5.85. The molecule has 1 saturated heterocycles. The Bertz CT molecular complexity index is 433. The number of halogens is 3. The SMILES string of the molecule is C.CC(C)(C)OC(=O)N1CCC(C(C)(C)F)C1.CC(C)(F)C1CCCC1.Cl. The van der Waals surface area contributed by atoms with Crippen molar-refractivity contribution in [2.75, 3.05) is 13.1 Å². The molecule has 1 amide bonds. The molecule has 3 nitrogen and oxygen atoms in total. The van der Waals surface area contributed by atoms with Gasteiger partial charge in [0.1, 0.15) is 16.9 Å². The molecule has 0 aromatic rings. The Balaban J connectivity index is 0. The quantitative estimate of drug-likeness (QED) is 0.488. The molecule has 6 heteroatoms. The van der Waals surface area contributed by atoms with Gasteiger partial charge in [0, 0.05) is 19.0 Å². The molecule has 1 atom stereocenters. The van der Waals surface area contributed by atoms with E-state index in [0.717, 1.165) is 12.8 Å². The molecular formula is C21H42ClF2NO2. The standard InChI is InChI=1S/C12H22FNO2.C8H15F.CH4.ClH/c1-11(2,3)16-10(15)14-7-6-9(8-14)12(4,5)13;1-8(2,9)7-5-3-4-6-7;;/h9H,6-8H2,1-5H3;7H,3-6H2,1-2H3;1H4;1H. The van der Waals surface area contributed by atoms with Gasteiger partial charge in [-0.15, -0.1) is 12.4 Å². The van der Waals surface area contributed by atoms with Crippen LogP contribution in [0.4, 0.5) is 13.6 Å². The van der Waals surface area contributed by atoms with E-state index in [1.54, 1.807) is 32.6 Å². The lowest BCUT2D eigenvalue weighted by Crippen LogP contribution is -2.37. The fourth-order valence-electron chi connectivity index (χ4n) is 3.43. The number of rotatable bonds is 2. The number of likely N-dealkylation sites (tertiary alicyclic amines) is 1. The number of carbonyl (C=O) groups is 1. The topological polar surface area (TPSA) is 29.5 Å². The summed E-state index contributed by atoms with van der Waals surface area (Å²) in [6, 6.07) is 0. The first kappa shape index (κ1) is 28.6. The number of hydrogen-bond donors (Lipinski definition) is 0. The van der Waals surface area contributed by atoms with Crippen molar-refractivity contribution in [2.45, 2.75) is 105 Å². The number of amides is 1. The van der Waals surface area contributed by atoms with Crippen LogP contribution in [0.1, 0.15) is 88.0 Å². The molecule has 0 bridgehead atoms. The van der Waals surface area contributed by atoms with Crippen LogP contribution in [-0.4, -0.2) is 41.0 Å². The zero-order valence-corrected chi connectivity index (χ0v) is 18.3. The van der Waals surface area contributed by atoms with Gasteiger partial charge in [0.15, 0.2) is 0 Å². The fraction of sp³-hybridized carbons (Fsp3) is 0.952. The molecule has 2 fully saturated rings. The zero-order chi connectivity index (χ0) is 19.5. The predicted octanol–water partition coefficient (Wildman–Crippen LogP) is 6.97. The van der Waals surface area contributed by atoms with Crippen LogP contribution in [0.2, 0.25) is 0 Å². The van der Waals surface area contributed by atoms with Crippen molar-refractivity contribution < 1.29 is 18.3 Å². The molecule has 27 heavy (non-hydrogen) atoms. The van der Waals surface area contributed by atoms with Gasteiger partial charge in [0.2, 0.25) is 0 Å². The monoisotopic (exact) mass is 413 g/mol. The van der Waals surface area contributed by atoms with Crippen LogP contribution >= 0.6 is 12.4 Å². The van der Waals surface area contributed by atoms with E-state index in [1.165, 1.54) is 12.8 Å². The van der Waals surface area contributed by atoms with Crippen LogP contribution in [0.15, 0.2) is 0 Å². The summed E-state index contributed by atoms with van der Waals surface area (Å²) in [6.07, 6.45) is 5.05. The van der Waals surface area contributed by atoms with Gasteiger partial charge >= 0.3 is 6.09 Å². The van der Waals surface area contributed by atoms with Crippen molar-refractivity contribution in [1.29, 1.82) is 0 Å². The molecule has 0 aromatic heterocycles. The predicted molar refractivity (Wildman–Crippen MR) is 112 cm³/mol. The average molecular weight is 414 g/mol. The third-order valence-electron chi connectivity index (χ3n) is 5.14. The maximum Gasteiger partial charge on any atom is 0.410 e. The summed E-state index contributed by atoms with van der Waals surface area (Å²) in [5.41, 5.74) is -2.63. The molecule has 0 spiro atoms. The van der Waals surface area contributed by atoms with Crippen molar-refractivity contribution in [3.05, 3.63) is 0 Å². The summed E-state index contributed by atoms with van der Waals surface area (Å²) in [5.74, 6) is 0.262. The lowest BCUT2D eigenvalue weighted by atomic mass is 9.92. The highest BCUT2D eigenvalue weighted by atomic mass is 35.5. The summed E-state index contributed by atoms with van der Waals surface area (Å²) in [7, 11) is 0. The maximum absolute atomic E-state index is 13.7. The molecule has 1 unspecified atom stereocenters. The van der Waals surface area contributed by atoms with E-state index in [-0.39, 0.29) is 31.8 Å².